The van der Waals surface area contributed by atoms with E-state index < -0.39 is 5.97 Å². The van der Waals surface area contributed by atoms with Crippen LogP contribution in [0.25, 0.3) is 0 Å². The molecule has 80 valence electrons. The van der Waals surface area contributed by atoms with E-state index in [0.717, 1.165) is 6.42 Å². The second-order valence-electron chi connectivity index (χ2n) is 4.21. The molecule has 0 amide bonds. The van der Waals surface area contributed by atoms with Crippen LogP contribution in [0.1, 0.15) is 45.4 Å². The molecule has 1 rings (SSSR count). The van der Waals surface area contributed by atoms with Crippen molar-refractivity contribution in [3.05, 3.63) is 12.2 Å². The summed E-state index contributed by atoms with van der Waals surface area (Å²) in [6.07, 6.45) is 10.8. The highest BCUT2D eigenvalue weighted by atomic mass is 16.4. The minimum Gasteiger partial charge on any atom is -0.481 e. The molecule has 0 radical (unpaired) electrons. The largest absolute Gasteiger partial charge is 0.481 e. The van der Waals surface area contributed by atoms with Crippen LogP contribution in [0, 0.1) is 11.8 Å². The maximum Gasteiger partial charge on any atom is 0.310 e. The first kappa shape index (κ1) is 11.3. The average Bonchev–Trinajstić information content (AvgIpc) is 2.18. The van der Waals surface area contributed by atoms with Gasteiger partial charge in [-0.15, -0.1) is 0 Å². The third kappa shape index (κ3) is 3.52. The first-order valence-electron chi connectivity index (χ1n) is 5.59. The van der Waals surface area contributed by atoms with E-state index >= 15 is 0 Å². The van der Waals surface area contributed by atoms with Crippen LogP contribution in [-0.4, -0.2) is 11.1 Å². The molecule has 1 fully saturated rings. The van der Waals surface area contributed by atoms with Crippen LogP contribution in [0.4, 0.5) is 0 Å². The molecule has 0 bridgehead atoms. The smallest absolute Gasteiger partial charge is 0.310 e. The predicted molar refractivity (Wildman–Crippen MR) is 57.1 cm³/mol. The number of hydrogen-bond donors (Lipinski definition) is 1. The summed E-state index contributed by atoms with van der Waals surface area (Å²) < 4.78 is 0. The summed E-state index contributed by atoms with van der Waals surface area (Å²) >= 11 is 0. The van der Waals surface area contributed by atoms with Gasteiger partial charge in [0.2, 0.25) is 0 Å². The molecule has 1 saturated carbocycles. The zero-order valence-corrected chi connectivity index (χ0v) is 8.91. The van der Waals surface area contributed by atoms with Gasteiger partial charge in [-0.05, 0) is 19.3 Å². The Kier molecular flexibility index (Phi) is 4.71. The molecule has 0 heterocycles. The number of allylic oxidation sites excluding steroid dienone is 1. The Morgan fingerprint density at radius 3 is 2.57 bits per heavy atom. The van der Waals surface area contributed by atoms with Crippen molar-refractivity contribution in [3.63, 3.8) is 0 Å². The summed E-state index contributed by atoms with van der Waals surface area (Å²) in [5.41, 5.74) is 0. The Morgan fingerprint density at radius 1 is 1.43 bits per heavy atom. The molecule has 1 aliphatic carbocycles. The summed E-state index contributed by atoms with van der Waals surface area (Å²) in [6.45, 7) is 1.89. The molecule has 0 spiro atoms. The highest BCUT2D eigenvalue weighted by molar-refractivity contribution is 5.72. The van der Waals surface area contributed by atoms with E-state index in [1.807, 2.05) is 19.1 Å². The molecule has 0 saturated heterocycles. The van der Waals surface area contributed by atoms with Gasteiger partial charge in [0, 0.05) is 0 Å². The second-order valence-corrected chi connectivity index (χ2v) is 4.21. The second kappa shape index (κ2) is 5.84. The summed E-state index contributed by atoms with van der Waals surface area (Å²) in [6, 6.07) is 0. The Morgan fingerprint density at radius 2 is 2.07 bits per heavy atom. The van der Waals surface area contributed by atoms with Gasteiger partial charge in [-0.3, -0.25) is 4.79 Å². The first-order valence-corrected chi connectivity index (χ1v) is 5.59. The van der Waals surface area contributed by atoms with Gasteiger partial charge >= 0.3 is 5.97 Å². The maximum atomic E-state index is 10.9. The van der Waals surface area contributed by atoms with Crippen molar-refractivity contribution in [3.8, 4) is 0 Å². The van der Waals surface area contributed by atoms with E-state index in [4.69, 9.17) is 5.11 Å². The standard InChI is InChI=1S/C12H20O2/c1-2-6-11(12(13)14)9-10-7-4-3-5-8-10/h2,6,10-11H,3-5,7-9H2,1H3,(H,13,14). The van der Waals surface area contributed by atoms with E-state index in [-0.39, 0.29) is 5.92 Å². The normalized spacial score (nSPS) is 21.2. The molecule has 2 heteroatoms. The van der Waals surface area contributed by atoms with Crippen molar-refractivity contribution in [2.75, 3.05) is 0 Å². The summed E-state index contributed by atoms with van der Waals surface area (Å²) in [4.78, 5) is 10.9. The van der Waals surface area contributed by atoms with Crippen molar-refractivity contribution >= 4 is 5.97 Å². The number of carboxylic acids is 1. The fourth-order valence-electron chi connectivity index (χ4n) is 2.28. The Bertz CT molecular complexity index is 202. The zero-order chi connectivity index (χ0) is 10.4. The van der Waals surface area contributed by atoms with Crippen molar-refractivity contribution in [1.82, 2.24) is 0 Å². The minimum absolute atomic E-state index is 0.261. The van der Waals surface area contributed by atoms with Gasteiger partial charge < -0.3 is 5.11 Å². The number of carbonyl (C=O) groups is 1. The lowest BCUT2D eigenvalue weighted by Crippen LogP contribution is -2.17. The quantitative estimate of drug-likeness (QED) is 0.701. The van der Waals surface area contributed by atoms with Crippen LogP contribution in [0.15, 0.2) is 12.2 Å². The van der Waals surface area contributed by atoms with Crippen LogP contribution >= 0.6 is 0 Å². The molecule has 0 aromatic carbocycles. The average molecular weight is 196 g/mol. The number of aliphatic carboxylic acids is 1. The molecule has 0 aromatic heterocycles. The number of carboxylic acid groups (broad SMARTS) is 1. The molecular weight excluding hydrogens is 176 g/mol. The first-order chi connectivity index (χ1) is 6.74. The number of rotatable bonds is 4. The molecule has 1 atom stereocenters. The lowest BCUT2D eigenvalue weighted by Gasteiger charge is -2.23. The van der Waals surface area contributed by atoms with E-state index in [1.54, 1.807) is 0 Å². The van der Waals surface area contributed by atoms with Crippen molar-refractivity contribution < 1.29 is 9.90 Å². The lowest BCUT2D eigenvalue weighted by atomic mass is 9.82. The van der Waals surface area contributed by atoms with Crippen LogP contribution < -0.4 is 0 Å². The van der Waals surface area contributed by atoms with Crippen LogP contribution in [0.2, 0.25) is 0 Å². The topological polar surface area (TPSA) is 37.3 Å². The monoisotopic (exact) mass is 196 g/mol. The predicted octanol–water partition coefficient (Wildman–Crippen LogP) is 3.23. The molecular formula is C12H20O2. The van der Waals surface area contributed by atoms with Crippen molar-refractivity contribution in [2.45, 2.75) is 45.4 Å². The van der Waals surface area contributed by atoms with Gasteiger partial charge in [-0.1, -0.05) is 44.3 Å². The summed E-state index contributed by atoms with van der Waals surface area (Å²) in [5, 5.41) is 8.98. The van der Waals surface area contributed by atoms with Crippen molar-refractivity contribution in [2.24, 2.45) is 11.8 Å². The minimum atomic E-state index is -0.673. The Hall–Kier alpha value is -0.790. The highest BCUT2D eigenvalue weighted by Crippen LogP contribution is 2.29. The zero-order valence-electron chi connectivity index (χ0n) is 8.91. The van der Waals surface area contributed by atoms with Gasteiger partial charge in [-0.25, -0.2) is 0 Å². The third-order valence-corrected chi connectivity index (χ3v) is 3.05. The van der Waals surface area contributed by atoms with Gasteiger partial charge in [0.05, 0.1) is 5.92 Å². The molecule has 0 aliphatic heterocycles. The Labute approximate surface area is 86.0 Å². The van der Waals surface area contributed by atoms with Crippen LogP contribution in [-0.2, 0) is 4.79 Å². The Balaban J connectivity index is 2.41. The van der Waals surface area contributed by atoms with Crippen molar-refractivity contribution in [1.29, 1.82) is 0 Å². The van der Waals surface area contributed by atoms with Crippen LogP contribution in [0.5, 0.6) is 0 Å². The van der Waals surface area contributed by atoms with E-state index in [9.17, 15) is 4.79 Å². The molecule has 2 nitrogen and oxygen atoms in total. The van der Waals surface area contributed by atoms with E-state index in [2.05, 4.69) is 0 Å². The van der Waals surface area contributed by atoms with Crippen LogP contribution in [0.3, 0.4) is 0 Å². The SMILES string of the molecule is CC=CC(CC1CCCCC1)C(=O)O. The van der Waals surface area contributed by atoms with Gasteiger partial charge in [0.25, 0.3) is 0 Å². The fraction of sp³-hybridized carbons (Fsp3) is 0.750. The molecule has 1 aliphatic rings. The molecule has 0 aromatic rings. The van der Waals surface area contributed by atoms with E-state index in [1.165, 1.54) is 32.1 Å². The third-order valence-electron chi connectivity index (χ3n) is 3.05. The van der Waals surface area contributed by atoms with E-state index in [0.29, 0.717) is 5.92 Å². The maximum absolute atomic E-state index is 10.9. The molecule has 1 N–H and O–H groups in total. The molecule has 14 heavy (non-hydrogen) atoms. The molecule has 1 unspecified atom stereocenters. The van der Waals surface area contributed by atoms with Gasteiger partial charge in [0.1, 0.15) is 0 Å². The van der Waals surface area contributed by atoms with Gasteiger partial charge in [0.15, 0.2) is 0 Å². The van der Waals surface area contributed by atoms with Gasteiger partial charge in [-0.2, -0.15) is 0 Å². The lowest BCUT2D eigenvalue weighted by molar-refractivity contribution is -0.140. The summed E-state index contributed by atoms with van der Waals surface area (Å²) in [7, 11) is 0. The summed E-state index contributed by atoms with van der Waals surface area (Å²) in [5.74, 6) is -0.294. The number of hydrogen-bond acceptors (Lipinski definition) is 1. The highest BCUT2D eigenvalue weighted by Gasteiger charge is 2.21. The fourth-order valence-corrected chi connectivity index (χ4v) is 2.28.